The minimum Gasteiger partial charge on any atom is -0.234 e. The molecule has 0 radical (unpaired) electrons. The van der Waals surface area contributed by atoms with Crippen molar-refractivity contribution in [2.24, 2.45) is 0 Å². The fraction of sp³-hybridized carbons (Fsp3) is 0.240. The summed E-state index contributed by atoms with van der Waals surface area (Å²) in [7, 11) is -7.26. The minimum absolute atomic E-state index is 0.0590. The summed E-state index contributed by atoms with van der Waals surface area (Å²) in [4.78, 5) is 4.40. The number of rotatable bonds is 5. The van der Waals surface area contributed by atoms with Crippen LogP contribution in [0.15, 0.2) is 82.8 Å². The van der Waals surface area contributed by atoms with Gasteiger partial charge in [-0.3, -0.25) is 0 Å². The molecule has 11 heteroatoms. The van der Waals surface area contributed by atoms with Crippen LogP contribution in [0, 0.1) is 11.3 Å². The third-order valence-electron chi connectivity index (χ3n) is 6.63. The van der Waals surface area contributed by atoms with Crippen molar-refractivity contribution in [1.82, 2.24) is 18.9 Å². The molecule has 9 nitrogen and oxygen atoms in total. The maximum atomic E-state index is 13.6. The number of hydrogen-bond acceptors (Lipinski definition) is 7. The second-order valence-electron chi connectivity index (χ2n) is 8.85. The van der Waals surface area contributed by atoms with E-state index in [2.05, 4.69) is 16.2 Å². The molecule has 0 spiro atoms. The van der Waals surface area contributed by atoms with Gasteiger partial charge in [-0.05, 0) is 42.7 Å². The Morgan fingerprint density at radius 3 is 2.19 bits per heavy atom. The first-order chi connectivity index (χ1) is 17.1. The molecule has 0 bridgehead atoms. The lowest BCUT2D eigenvalue weighted by atomic mass is 9.74. The quantitative estimate of drug-likeness (QED) is 0.395. The van der Waals surface area contributed by atoms with Crippen molar-refractivity contribution in [2.75, 3.05) is 19.3 Å². The SMILES string of the molecule is CS(=O)(=O)c1ccc(-c2ccc3ncc(S(=O)(=O)N4CCC(C#N)(c5ccccc5)CC4)n3n2)cc1. The standard InChI is InChI=1S/C25H23N5O4S2/c1-35(31,32)21-9-7-19(8-10-21)22-11-12-23-27-17-24(30(23)28-22)36(33,34)29-15-13-25(18-26,14-16-29)20-5-3-2-4-6-20/h2-12,17H,13-16H2,1H3. The highest BCUT2D eigenvalue weighted by atomic mass is 32.2. The summed E-state index contributed by atoms with van der Waals surface area (Å²) in [5.74, 6) is 0. The normalized spacial score (nSPS) is 16.6. The zero-order chi connectivity index (χ0) is 25.6. The van der Waals surface area contributed by atoms with Gasteiger partial charge in [0.15, 0.2) is 20.5 Å². The van der Waals surface area contributed by atoms with Gasteiger partial charge in [0.2, 0.25) is 0 Å². The second kappa shape index (κ2) is 8.81. The van der Waals surface area contributed by atoms with Crippen LogP contribution >= 0.6 is 0 Å². The lowest BCUT2D eigenvalue weighted by Crippen LogP contribution is -2.44. The summed E-state index contributed by atoms with van der Waals surface area (Å²) in [6.07, 6.45) is 3.19. The molecule has 1 aliphatic heterocycles. The van der Waals surface area contributed by atoms with Gasteiger partial charge in [-0.25, -0.2) is 26.3 Å². The molecular formula is C25H23N5O4S2. The summed E-state index contributed by atoms with van der Waals surface area (Å²) in [6, 6.07) is 21.5. The van der Waals surface area contributed by atoms with E-state index >= 15 is 0 Å². The van der Waals surface area contributed by atoms with Gasteiger partial charge in [0, 0.05) is 24.9 Å². The molecule has 1 saturated heterocycles. The number of sulfone groups is 1. The fourth-order valence-corrected chi connectivity index (χ4v) is 6.61. The summed E-state index contributed by atoms with van der Waals surface area (Å²) < 4.78 is 53.3. The smallest absolute Gasteiger partial charge is 0.234 e. The zero-order valence-corrected chi connectivity index (χ0v) is 21.1. The number of nitriles is 1. The van der Waals surface area contributed by atoms with E-state index in [9.17, 15) is 22.1 Å². The molecule has 5 rings (SSSR count). The molecule has 0 aliphatic carbocycles. The van der Waals surface area contributed by atoms with Gasteiger partial charge in [-0.2, -0.15) is 14.7 Å². The Morgan fingerprint density at radius 2 is 1.58 bits per heavy atom. The third-order valence-corrected chi connectivity index (χ3v) is 9.61. The van der Waals surface area contributed by atoms with Crippen molar-refractivity contribution in [3.8, 4) is 17.3 Å². The molecule has 4 aromatic rings. The first-order valence-electron chi connectivity index (χ1n) is 11.3. The van der Waals surface area contributed by atoms with Crippen molar-refractivity contribution in [1.29, 1.82) is 5.26 Å². The second-order valence-corrected chi connectivity index (χ2v) is 12.7. The van der Waals surface area contributed by atoms with Gasteiger partial charge in [-0.15, -0.1) is 0 Å². The van der Waals surface area contributed by atoms with E-state index in [1.165, 1.54) is 27.2 Å². The van der Waals surface area contributed by atoms with E-state index in [1.54, 1.807) is 24.3 Å². The molecule has 0 saturated carbocycles. The number of hydrogen-bond donors (Lipinski definition) is 0. The summed E-state index contributed by atoms with van der Waals surface area (Å²) in [5.41, 5.74) is 1.66. The Hall–Kier alpha value is -3.59. The van der Waals surface area contributed by atoms with E-state index in [0.29, 0.717) is 29.7 Å². The zero-order valence-electron chi connectivity index (χ0n) is 19.4. The first-order valence-corrected chi connectivity index (χ1v) is 14.6. The summed E-state index contributed by atoms with van der Waals surface area (Å²) in [6.45, 7) is 0.398. The fourth-order valence-electron chi connectivity index (χ4n) is 4.52. The van der Waals surface area contributed by atoms with Crippen LogP contribution < -0.4 is 0 Å². The first kappa shape index (κ1) is 24.1. The average molecular weight is 522 g/mol. The van der Waals surface area contributed by atoms with Crippen LogP contribution in [0.1, 0.15) is 18.4 Å². The number of benzene rings is 2. The molecule has 2 aromatic carbocycles. The van der Waals surface area contributed by atoms with Crippen LogP contribution in [0.2, 0.25) is 0 Å². The third kappa shape index (κ3) is 4.17. The number of piperidine rings is 1. The number of aromatic nitrogens is 3. The summed E-state index contributed by atoms with van der Waals surface area (Å²) in [5, 5.41) is 14.4. The largest absolute Gasteiger partial charge is 0.262 e. The molecule has 0 N–H and O–H groups in total. The minimum atomic E-state index is -3.93. The van der Waals surface area contributed by atoms with Crippen LogP contribution in [-0.4, -0.2) is 55.1 Å². The van der Waals surface area contributed by atoms with Gasteiger partial charge in [0.1, 0.15) is 0 Å². The Bertz CT molecular complexity index is 1680. The van der Waals surface area contributed by atoms with Crippen LogP contribution in [0.5, 0.6) is 0 Å². The molecule has 1 aliphatic rings. The Labute approximate surface area is 209 Å². The van der Waals surface area contributed by atoms with E-state index in [1.807, 2.05) is 30.3 Å². The molecular weight excluding hydrogens is 498 g/mol. The lowest BCUT2D eigenvalue weighted by Gasteiger charge is -2.36. The van der Waals surface area contributed by atoms with Gasteiger partial charge in [0.05, 0.1) is 28.3 Å². The maximum Gasteiger partial charge on any atom is 0.262 e. The number of fused-ring (bicyclic) bond motifs is 1. The Kier molecular flexibility index (Phi) is 5.90. The molecule has 184 valence electrons. The Balaban J connectivity index is 1.45. The van der Waals surface area contributed by atoms with Crippen LogP contribution in [0.25, 0.3) is 16.9 Å². The van der Waals surface area contributed by atoms with E-state index in [-0.39, 0.29) is 23.0 Å². The lowest BCUT2D eigenvalue weighted by molar-refractivity contribution is 0.276. The number of sulfonamides is 1. The average Bonchev–Trinajstić information content (AvgIpc) is 3.33. The van der Waals surface area contributed by atoms with Crippen molar-refractivity contribution >= 4 is 25.5 Å². The van der Waals surface area contributed by atoms with Gasteiger partial charge in [0.25, 0.3) is 10.0 Å². The van der Waals surface area contributed by atoms with Gasteiger partial charge in [-0.1, -0.05) is 42.5 Å². The van der Waals surface area contributed by atoms with Gasteiger partial charge >= 0.3 is 0 Å². The van der Waals surface area contributed by atoms with E-state index in [0.717, 1.165) is 11.8 Å². The molecule has 2 aromatic heterocycles. The highest BCUT2D eigenvalue weighted by Gasteiger charge is 2.41. The number of imidazole rings is 1. The van der Waals surface area contributed by atoms with Crippen LogP contribution in [0.4, 0.5) is 0 Å². The monoisotopic (exact) mass is 521 g/mol. The molecule has 3 heterocycles. The number of nitrogens with zero attached hydrogens (tertiary/aromatic N) is 5. The molecule has 0 atom stereocenters. The Morgan fingerprint density at radius 1 is 0.917 bits per heavy atom. The highest BCUT2D eigenvalue weighted by Crippen LogP contribution is 2.36. The molecule has 36 heavy (non-hydrogen) atoms. The highest BCUT2D eigenvalue weighted by molar-refractivity contribution is 7.90. The molecule has 1 fully saturated rings. The van der Waals surface area contributed by atoms with Crippen LogP contribution in [-0.2, 0) is 25.3 Å². The van der Waals surface area contributed by atoms with Crippen molar-refractivity contribution < 1.29 is 16.8 Å². The molecule has 0 amide bonds. The maximum absolute atomic E-state index is 13.6. The van der Waals surface area contributed by atoms with Gasteiger partial charge < -0.3 is 0 Å². The van der Waals surface area contributed by atoms with Crippen LogP contribution in [0.3, 0.4) is 0 Å². The van der Waals surface area contributed by atoms with E-state index < -0.39 is 25.3 Å². The summed E-state index contributed by atoms with van der Waals surface area (Å²) >= 11 is 0. The van der Waals surface area contributed by atoms with Crippen molar-refractivity contribution in [3.63, 3.8) is 0 Å². The topological polar surface area (TPSA) is 125 Å². The van der Waals surface area contributed by atoms with Crippen molar-refractivity contribution in [3.05, 3.63) is 78.5 Å². The van der Waals surface area contributed by atoms with Crippen molar-refractivity contribution in [2.45, 2.75) is 28.2 Å². The van der Waals surface area contributed by atoms with E-state index in [4.69, 9.17) is 0 Å². The molecule has 0 unspecified atom stereocenters. The predicted octanol–water partition coefficient (Wildman–Crippen LogP) is 3.05. The predicted molar refractivity (Wildman–Crippen MR) is 133 cm³/mol.